The second-order valence-corrected chi connectivity index (χ2v) is 3.42. The van der Waals surface area contributed by atoms with Gasteiger partial charge in [0.2, 0.25) is 0 Å². The third-order valence-electron chi connectivity index (χ3n) is 2.48. The number of nitrogens with zero attached hydrogens (tertiary/aromatic N) is 2. The highest BCUT2D eigenvalue weighted by atomic mass is 15.1. The van der Waals surface area contributed by atoms with Crippen LogP contribution in [0.4, 0.5) is 0 Å². The van der Waals surface area contributed by atoms with Crippen LogP contribution in [0.1, 0.15) is 12.6 Å². The van der Waals surface area contributed by atoms with E-state index in [2.05, 4.69) is 21.8 Å². The van der Waals surface area contributed by atoms with E-state index in [1.165, 1.54) is 18.8 Å². The Kier molecular flexibility index (Phi) is 2.13. The lowest BCUT2D eigenvalue weighted by atomic mass is 10.0. The Hall–Kier alpha value is -0.830. The molecule has 2 rings (SSSR count). The summed E-state index contributed by atoms with van der Waals surface area (Å²) in [5.41, 5.74) is 1.35. The van der Waals surface area contributed by atoms with Crippen molar-refractivity contribution in [2.45, 2.75) is 19.9 Å². The van der Waals surface area contributed by atoms with Crippen molar-refractivity contribution in [3.8, 4) is 0 Å². The van der Waals surface area contributed by atoms with Gasteiger partial charge in [-0.05, 0) is 6.42 Å². The topological polar surface area (TPSA) is 29.9 Å². The number of aryl methyl sites for hydroxylation is 1. The van der Waals surface area contributed by atoms with Crippen LogP contribution in [-0.2, 0) is 13.0 Å². The molecule has 0 aromatic carbocycles. The van der Waals surface area contributed by atoms with Crippen molar-refractivity contribution >= 4 is 0 Å². The second-order valence-electron chi connectivity index (χ2n) is 3.42. The summed E-state index contributed by atoms with van der Waals surface area (Å²) in [5, 5.41) is 3.28. The van der Waals surface area contributed by atoms with Crippen molar-refractivity contribution in [2.75, 3.05) is 13.1 Å². The van der Waals surface area contributed by atoms with Crippen molar-refractivity contribution < 1.29 is 0 Å². The van der Waals surface area contributed by atoms with Gasteiger partial charge < -0.3 is 9.88 Å². The smallest absolute Gasteiger partial charge is 0.0948 e. The van der Waals surface area contributed by atoms with Crippen LogP contribution in [0.25, 0.3) is 0 Å². The SMILES string of the molecule is CCc1cncn1CC1CNC1. The van der Waals surface area contributed by atoms with Crippen molar-refractivity contribution in [1.82, 2.24) is 14.9 Å². The molecule has 1 aromatic heterocycles. The minimum Gasteiger partial charge on any atom is -0.334 e. The van der Waals surface area contributed by atoms with E-state index in [1.807, 2.05) is 12.5 Å². The summed E-state index contributed by atoms with van der Waals surface area (Å²) < 4.78 is 2.27. The second kappa shape index (κ2) is 3.27. The van der Waals surface area contributed by atoms with Crippen LogP contribution in [-0.4, -0.2) is 22.6 Å². The lowest BCUT2D eigenvalue weighted by Crippen LogP contribution is -2.44. The monoisotopic (exact) mass is 165 g/mol. The molecular weight excluding hydrogens is 150 g/mol. The van der Waals surface area contributed by atoms with Crippen LogP contribution in [0.15, 0.2) is 12.5 Å². The van der Waals surface area contributed by atoms with Crippen LogP contribution in [0, 0.1) is 5.92 Å². The Morgan fingerprint density at radius 1 is 1.67 bits per heavy atom. The van der Waals surface area contributed by atoms with E-state index in [1.54, 1.807) is 0 Å². The van der Waals surface area contributed by atoms with E-state index in [-0.39, 0.29) is 0 Å². The van der Waals surface area contributed by atoms with Gasteiger partial charge >= 0.3 is 0 Å². The van der Waals surface area contributed by atoms with Crippen molar-refractivity contribution in [1.29, 1.82) is 0 Å². The van der Waals surface area contributed by atoms with Gasteiger partial charge in [0, 0.05) is 37.4 Å². The summed E-state index contributed by atoms with van der Waals surface area (Å²) in [7, 11) is 0. The predicted molar refractivity (Wildman–Crippen MR) is 48.0 cm³/mol. The zero-order chi connectivity index (χ0) is 8.39. The molecule has 1 saturated heterocycles. The molecule has 1 fully saturated rings. The average molecular weight is 165 g/mol. The summed E-state index contributed by atoms with van der Waals surface area (Å²) in [6.45, 7) is 5.64. The third-order valence-corrected chi connectivity index (χ3v) is 2.48. The first-order valence-electron chi connectivity index (χ1n) is 4.60. The molecule has 2 heterocycles. The molecule has 0 aliphatic carbocycles. The molecule has 0 amide bonds. The molecule has 1 aliphatic rings. The summed E-state index contributed by atoms with van der Waals surface area (Å²) in [6, 6.07) is 0. The Labute approximate surface area is 72.8 Å². The van der Waals surface area contributed by atoms with Crippen LogP contribution < -0.4 is 5.32 Å². The van der Waals surface area contributed by atoms with E-state index >= 15 is 0 Å². The van der Waals surface area contributed by atoms with Crippen molar-refractivity contribution in [2.24, 2.45) is 5.92 Å². The van der Waals surface area contributed by atoms with Gasteiger partial charge in [0.1, 0.15) is 0 Å². The summed E-state index contributed by atoms with van der Waals surface area (Å²) in [5.74, 6) is 0.824. The van der Waals surface area contributed by atoms with Crippen molar-refractivity contribution in [3.05, 3.63) is 18.2 Å². The molecular formula is C9H15N3. The molecule has 66 valence electrons. The summed E-state index contributed by atoms with van der Waals surface area (Å²) in [6.07, 6.45) is 4.99. The minimum atomic E-state index is 0.824. The molecule has 12 heavy (non-hydrogen) atoms. The number of hydrogen-bond acceptors (Lipinski definition) is 2. The molecule has 0 saturated carbocycles. The quantitative estimate of drug-likeness (QED) is 0.713. The summed E-state index contributed by atoms with van der Waals surface area (Å²) >= 11 is 0. The maximum atomic E-state index is 4.15. The molecule has 0 atom stereocenters. The lowest BCUT2D eigenvalue weighted by Gasteiger charge is -2.27. The van der Waals surface area contributed by atoms with Crippen LogP contribution in [0.3, 0.4) is 0 Å². The Balaban J connectivity index is 2.00. The molecule has 0 radical (unpaired) electrons. The van der Waals surface area contributed by atoms with E-state index in [0.717, 1.165) is 18.9 Å². The van der Waals surface area contributed by atoms with E-state index in [4.69, 9.17) is 0 Å². The maximum absolute atomic E-state index is 4.15. The van der Waals surface area contributed by atoms with Gasteiger partial charge in [-0.2, -0.15) is 0 Å². The zero-order valence-corrected chi connectivity index (χ0v) is 7.45. The molecule has 1 N–H and O–H groups in total. The number of aromatic nitrogens is 2. The largest absolute Gasteiger partial charge is 0.334 e. The Bertz CT molecular complexity index is 250. The molecule has 0 bridgehead atoms. The van der Waals surface area contributed by atoms with Gasteiger partial charge in [-0.15, -0.1) is 0 Å². The molecule has 0 spiro atoms. The first-order chi connectivity index (χ1) is 5.90. The third kappa shape index (κ3) is 1.37. The van der Waals surface area contributed by atoms with Gasteiger partial charge in [0.25, 0.3) is 0 Å². The van der Waals surface area contributed by atoms with E-state index in [9.17, 15) is 0 Å². The van der Waals surface area contributed by atoms with Gasteiger partial charge in [0.15, 0.2) is 0 Å². The van der Waals surface area contributed by atoms with Crippen molar-refractivity contribution in [3.63, 3.8) is 0 Å². The highest BCUT2D eigenvalue weighted by Gasteiger charge is 2.17. The van der Waals surface area contributed by atoms with E-state index in [0.29, 0.717) is 0 Å². The first-order valence-corrected chi connectivity index (χ1v) is 4.60. The Morgan fingerprint density at radius 3 is 3.08 bits per heavy atom. The fourth-order valence-corrected chi connectivity index (χ4v) is 1.56. The fraction of sp³-hybridized carbons (Fsp3) is 0.667. The van der Waals surface area contributed by atoms with Crippen LogP contribution >= 0.6 is 0 Å². The molecule has 3 heteroatoms. The van der Waals surface area contributed by atoms with Crippen LogP contribution in [0.2, 0.25) is 0 Å². The zero-order valence-electron chi connectivity index (χ0n) is 7.45. The first kappa shape index (κ1) is 7.80. The molecule has 3 nitrogen and oxygen atoms in total. The molecule has 0 unspecified atom stereocenters. The highest BCUT2D eigenvalue weighted by molar-refractivity contribution is 4.98. The number of nitrogens with one attached hydrogen (secondary N) is 1. The van der Waals surface area contributed by atoms with Gasteiger partial charge in [-0.1, -0.05) is 6.92 Å². The lowest BCUT2D eigenvalue weighted by molar-refractivity contribution is 0.304. The molecule has 1 aromatic rings. The highest BCUT2D eigenvalue weighted by Crippen LogP contribution is 2.09. The summed E-state index contributed by atoms with van der Waals surface area (Å²) in [4.78, 5) is 4.15. The Morgan fingerprint density at radius 2 is 2.50 bits per heavy atom. The standard InChI is InChI=1S/C9H15N3/c1-2-9-5-11-7-12(9)6-8-3-10-4-8/h5,7-8,10H,2-4,6H2,1H3. The predicted octanol–water partition coefficient (Wildman–Crippen LogP) is 0.665. The van der Waals surface area contributed by atoms with Gasteiger partial charge in [-0.3, -0.25) is 0 Å². The maximum Gasteiger partial charge on any atom is 0.0948 e. The number of rotatable bonds is 3. The van der Waals surface area contributed by atoms with Crippen LogP contribution in [0.5, 0.6) is 0 Å². The fourth-order valence-electron chi connectivity index (χ4n) is 1.56. The average Bonchev–Trinajstić information content (AvgIpc) is 2.43. The van der Waals surface area contributed by atoms with Gasteiger partial charge in [-0.25, -0.2) is 4.98 Å². The number of hydrogen-bond donors (Lipinski definition) is 1. The van der Waals surface area contributed by atoms with E-state index < -0.39 is 0 Å². The number of imidazole rings is 1. The minimum absolute atomic E-state index is 0.824. The normalized spacial score (nSPS) is 17.8. The van der Waals surface area contributed by atoms with Gasteiger partial charge in [0.05, 0.1) is 6.33 Å². The molecule has 1 aliphatic heterocycles.